The number of halogens is 3. The highest BCUT2D eigenvalue weighted by Crippen LogP contribution is 2.33. The van der Waals surface area contributed by atoms with Crippen LogP contribution in [0, 0.1) is 0 Å². The Morgan fingerprint density at radius 1 is 1.27 bits per heavy atom. The zero-order valence-corrected chi connectivity index (χ0v) is 16.7. The van der Waals surface area contributed by atoms with Crippen LogP contribution >= 0.6 is 0 Å². The van der Waals surface area contributed by atoms with Crippen molar-refractivity contribution in [3.8, 4) is 5.69 Å². The zero-order chi connectivity index (χ0) is 21.9. The lowest BCUT2D eigenvalue weighted by molar-refractivity contribution is -0.137. The van der Waals surface area contributed by atoms with Crippen molar-refractivity contribution in [1.29, 1.82) is 0 Å². The fourth-order valence-electron chi connectivity index (χ4n) is 3.46. The third kappa shape index (κ3) is 5.15. The molecular formula is C19H23F3N6O2. The van der Waals surface area contributed by atoms with E-state index in [2.05, 4.69) is 15.4 Å². The summed E-state index contributed by atoms with van der Waals surface area (Å²) in [6.45, 7) is 2.80. The van der Waals surface area contributed by atoms with Gasteiger partial charge in [0.15, 0.2) is 0 Å². The molecule has 0 unspecified atom stereocenters. The van der Waals surface area contributed by atoms with Crippen LogP contribution in [0.2, 0.25) is 0 Å². The molecule has 1 saturated heterocycles. The predicted octanol–water partition coefficient (Wildman–Crippen LogP) is 2.17. The van der Waals surface area contributed by atoms with Crippen LogP contribution in [0.3, 0.4) is 0 Å². The van der Waals surface area contributed by atoms with Gasteiger partial charge in [-0.3, -0.25) is 14.5 Å². The first kappa shape index (κ1) is 21.8. The van der Waals surface area contributed by atoms with Crippen LogP contribution in [0.1, 0.15) is 25.3 Å². The molecule has 1 aliphatic rings. The number of aromatic nitrogens is 3. The summed E-state index contributed by atoms with van der Waals surface area (Å²) in [5.74, 6) is -0.426. The van der Waals surface area contributed by atoms with E-state index in [1.807, 2.05) is 4.90 Å². The number of nitrogens with zero attached hydrogens (tertiary/aromatic N) is 5. The van der Waals surface area contributed by atoms with Gasteiger partial charge in [-0.25, -0.2) is 9.67 Å². The lowest BCUT2D eigenvalue weighted by Crippen LogP contribution is -2.46. The number of rotatable bonds is 5. The lowest BCUT2D eigenvalue weighted by Gasteiger charge is -2.36. The van der Waals surface area contributed by atoms with Gasteiger partial charge in [-0.15, -0.1) is 0 Å². The number of piperidine rings is 1. The Bertz CT molecular complexity index is 892. The molecule has 1 aromatic carbocycles. The van der Waals surface area contributed by atoms with Gasteiger partial charge in [0, 0.05) is 33.1 Å². The van der Waals surface area contributed by atoms with E-state index in [4.69, 9.17) is 0 Å². The van der Waals surface area contributed by atoms with E-state index < -0.39 is 17.6 Å². The highest BCUT2D eigenvalue weighted by Gasteiger charge is 2.31. The molecule has 0 aliphatic carbocycles. The Balaban J connectivity index is 1.68. The number of carbonyl (C=O) groups excluding carboxylic acids is 2. The van der Waals surface area contributed by atoms with Crippen molar-refractivity contribution < 1.29 is 22.8 Å². The Morgan fingerprint density at radius 2 is 1.97 bits per heavy atom. The molecule has 0 spiro atoms. The van der Waals surface area contributed by atoms with Crippen LogP contribution in [0.15, 0.2) is 30.9 Å². The first-order valence-electron chi connectivity index (χ1n) is 9.47. The molecule has 1 N–H and O–H groups in total. The molecule has 11 heteroatoms. The minimum Gasteiger partial charge on any atom is -0.343 e. The zero-order valence-electron chi connectivity index (χ0n) is 16.7. The van der Waals surface area contributed by atoms with Crippen molar-refractivity contribution >= 4 is 17.5 Å². The van der Waals surface area contributed by atoms with Gasteiger partial charge in [0.2, 0.25) is 11.8 Å². The van der Waals surface area contributed by atoms with E-state index in [0.29, 0.717) is 13.1 Å². The minimum atomic E-state index is -4.54. The maximum Gasteiger partial charge on any atom is 0.416 e. The SMILES string of the molecule is CC(=O)N(C)C1CCN(CC(=O)Nc2cc(C(F)(F)F)ccc2-n2cncn2)CC1. The second kappa shape index (κ2) is 8.82. The average Bonchev–Trinajstić information content (AvgIpc) is 3.21. The van der Waals surface area contributed by atoms with Gasteiger partial charge in [0.1, 0.15) is 12.7 Å². The van der Waals surface area contributed by atoms with Gasteiger partial charge in [0.25, 0.3) is 0 Å². The second-order valence-electron chi connectivity index (χ2n) is 7.26. The molecule has 1 aromatic heterocycles. The summed E-state index contributed by atoms with van der Waals surface area (Å²) in [5, 5.41) is 6.51. The first-order valence-corrected chi connectivity index (χ1v) is 9.47. The summed E-state index contributed by atoms with van der Waals surface area (Å²) in [6.07, 6.45) is -0.473. The van der Waals surface area contributed by atoms with E-state index in [-0.39, 0.29) is 29.9 Å². The fraction of sp³-hybridized carbons (Fsp3) is 0.474. The monoisotopic (exact) mass is 424 g/mol. The second-order valence-corrected chi connectivity index (χ2v) is 7.26. The Hall–Kier alpha value is -2.95. The summed E-state index contributed by atoms with van der Waals surface area (Å²) in [6, 6.07) is 3.20. The molecule has 2 amide bonds. The molecule has 0 atom stereocenters. The van der Waals surface area contributed by atoms with Crippen molar-refractivity contribution in [3.05, 3.63) is 36.4 Å². The molecule has 2 heterocycles. The average molecular weight is 424 g/mol. The largest absolute Gasteiger partial charge is 0.416 e. The number of benzene rings is 1. The normalized spacial score (nSPS) is 15.8. The molecule has 2 aromatic rings. The topological polar surface area (TPSA) is 83.4 Å². The van der Waals surface area contributed by atoms with E-state index in [1.165, 1.54) is 30.3 Å². The van der Waals surface area contributed by atoms with Gasteiger partial charge in [-0.05, 0) is 31.0 Å². The third-order valence-electron chi connectivity index (χ3n) is 5.23. The highest BCUT2D eigenvalue weighted by atomic mass is 19.4. The number of nitrogens with one attached hydrogen (secondary N) is 1. The van der Waals surface area contributed by atoms with Gasteiger partial charge in [-0.1, -0.05) is 0 Å². The lowest BCUT2D eigenvalue weighted by atomic mass is 10.0. The Morgan fingerprint density at radius 3 is 2.53 bits per heavy atom. The molecule has 30 heavy (non-hydrogen) atoms. The quantitative estimate of drug-likeness (QED) is 0.796. The summed E-state index contributed by atoms with van der Waals surface area (Å²) >= 11 is 0. The van der Waals surface area contributed by atoms with E-state index >= 15 is 0 Å². The Labute approximate surface area is 171 Å². The molecule has 8 nitrogen and oxygen atoms in total. The van der Waals surface area contributed by atoms with E-state index in [1.54, 1.807) is 11.9 Å². The predicted molar refractivity (Wildman–Crippen MR) is 103 cm³/mol. The van der Waals surface area contributed by atoms with Gasteiger partial charge < -0.3 is 10.2 Å². The summed E-state index contributed by atoms with van der Waals surface area (Å²) < 4.78 is 40.7. The van der Waals surface area contributed by atoms with Crippen molar-refractivity contribution in [2.24, 2.45) is 0 Å². The van der Waals surface area contributed by atoms with Gasteiger partial charge >= 0.3 is 6.18 Å². The maximum atomic E-state index is 13.1. The summed E-state index contributed by atoms with van der Waals surface area (Å²) in [5.41, 5.74) is -0.572. The molecule has 1 fully saturated rings. The van der Waals surface area contributed by atoms with Crippen molar-refractivity contribution in [2.45, 2.75) is 32.0 Å². The molecule has 1 aliphatic heterocycles. The number of anilines is 1. The standard InChI is InChI=1S/C19H23F3N6O2/c1-13(29)26(2)15-5-7-27(8-6-15)10-18(30)25-16-9-14(19(20,21)22)3-4-17(16)28-12-23-11-24-28/h3-4,9,11-12,15H,5-8,10H2,1-2H3,(H,25,30). The number of carbonyl (C=O) groups is 2. The molecule has 0 bridgehead atoms. The summed E-state index contributed by atoms with van der Waals surface area (Å²) in [7, 11) is 1.76. The van der Waals surface area contributed by atoms with Crippen LogP contribution in [-0.4, -0.2) is 69.1 Å². The number of amides is 2. The number of likely N-dealkylation sites (tertiary alicyclic amines) is 1. The molecule has 0 saturated carbocycles. The number of alkyl halides is 3. The highest BCUT2D eigenvalue weighted by molar-refractivity contribution is 5.94. The maximum absolute atomic E-state index is 13.1. The van der Waals surface area contributed by atoms with E-state index in [0.717, 1.165) is 25.0 Å². The van der Waals surface area contributed by atoms with Crippen molar-refractivity contribution in [3.63, 3.8) is 0 Å². The van der Waals surface area contributed by atoms with E-state index in [9.17, 15) is 22.8 Å². The fourth-order valence-corrected chi connectivity index (χ4v) is 3.46. The van der Waals surface area contributed by atoms with Crippen LogP contribution < -0.4 is 5.32 Å². The van der Waals surface area contributed by atoms with Gasteiger partial charge in [-0.2, -0.15) is 18.3 Å². The van der Waals surface area contributed by atoms with Crippen LogP contribution in [0.4, 0.5) is 18.9 Å². The number of hydrogen-bond acceptors (Lipinski definition) is 5. The first-order chi connectivity index (χ1) is 14.1. The summed E-state index contributed by atoms with van der Waals surface area (Å²) in [4.78, 5) is 31.4. The molecular weight excluding hydrogens is 401 g/mol. The third-order valence-corrected chi connectivity index (χ3v) is 5.23. The smallest absolute Gasteiger partial charge is 0.343 e. The number of hydrogen-bond donors (Lipinski definition) is 1. The van der Waals surface area contributed by atoms with Crippen LogP contribution in [0.5, 0.6) is 0 Å². The molecule has 0 radical (unpaired) electrons. The molecule has 162 valence electrons. The minimum absolute atomic E-state index is 0.00335. The van der Waals surface area contributed by atoms with Crippen LogP contribution in [0.25, 0.3) is 5.69 Å². The van der Waals surface area contributed by atoms with Crippen molar-refractivity contribution in [2.75, 3.05) is 32.0 Å². The van der Waals surface area contributed by atoms with Gasteiger partial charge in [0.05, 0.1) is 23.5 Å². The Kier molecular flexibility index (Phi) is 6.40. The van der Waals surface area contributed by atoms with Crippen molar-refractivity contribution in [1.82, 2.24) is 24.6 Å². The van der Waals surface area contributed by atoms with Crippen LogP contribution in [-0.2, 0) is 15.8 Å². The molecule has 3 rings (SSSR count).